The summed E-state index contributed by atoms with van der Waals surface area (Å²) in [6.07, 6.45) is -5.54. The van der Waals surface area contributed by atoms with Gasteiger partial charge in [-0.2, -0.15) is 13.2 Å². The highest BCUT2D eigenvalue weighted by Gasteiger charge is 2.42. The number of carboxylic acids is 1. The van der Waals surface area contributed by atoms with Crippen molar-refractivity contribution in [3.05, 3.63) is 94.0 Å². The number of amides is 3. The monoisotopic (exact) mass is 679 g/mol. The molecule has 0 bridgehead atoms. The van der Waals surface area contributed by atoms with E-state index in [9.17, 15) is 47.5 Å². The Labute approximate surface area is 278 Å². The van der Waals surface area contributed by atoms with Gasteiger partial charge >= 0.3 is 26.4 Å². The van der Waals surface area contributed by atoms with Crippen LogP contribution in [-0.4, -0.2) is 82.7 Å². The van der Waals surface area contributed by atoms with E-state index >= 15 is 0 Å². The molecule has 12 nitrogen and oxygen atoms in total. The second kappa shape index (κ2) is 13.7. The van der Waals surface area contributed by atoms with Crippen LogP contribution in [0, 0.1) is 0 Å². The Balaban J connectivity index is 1.24. The molecule has 3 heterocycles. The average molecular weight is 679 g/mol. The number of fused-ring (bicyclic) bond motifs is 2. The summed E-state index contributed by atoms with van der Waals surface area (Å²) >= 11 is 0. The molecule has 3 aliphatic heterocycles. The summed E-state index contributed by atoms with van der Waals surface area (Å²) in [7, 11) is -2.42. The Morgan fingerprint density at radius 1 is 0.918 bits per heavy atom. The van der Waals surface area contributed by atoms with Crippen LogP contribution in [-0.2, 0) is 44.7 Å². The van der Waals surface area contributed by atoms with Crippen LogP contribution in [0.3, 0.4) is 0 Å². The first-order chi connectivity index (χ1) is 23.3. The van der Waals surface area contributed by atoms with Gasteiger partial charge in [0.1, 0.15) is 6.04 Å². The Hall–Kier alpha value is -4.70. The molecule has 3 aromatic rings. The zero-order valence-corrected chi connectivity index (χ0v) is 25.8. The average Bonchev–Trinajstić information content (AvgIpc) is 3.76. The summed E-state index contributed by atoms with van der Waals surface area (Å²) in [5.41, 5.74) is 1.81. The largest absolute Gasteiger partial charge is 0.491 e. The Bertz CT molecular complexity index is 1810. The Morgan fingerprint density at radius 3 is 2.18 bits per heavy atom. The van der Waals surface area contributed by atoms with Gasteiger partial charge in [0.2, 0.25) is 5.91 Å². The molecule has 0 radical (unpaired) electrons. The van der Waals surface area contributed by atoms with Gasteiger partial charge < -0.3 is 40.0 Å². The molecule has 49 heavy (non-hydrogen) atoms. The lowest BCUT2D eigenvalue weighted by molar-refractivity contribution is -0.139. The van der Waals surface area contributed by atoms with Gasteiger partial charge in [-0.15, -0.1) is 0 Å². The van der Waals surface area contributed by atoms with Gasteiger partial charge in [0.05, 0.1) is 25.2 Å². The highest BCUT2D eigenvalue weighted by atomic mass is 19.4. The number of nitrogens with zero attached hydrogens (tertiary/aromatic N) is 1. The Kier molecular flexibility index (Phi) is 9.53. The molecule has 0 aromatic heterocycles. The molecule has 0 spiro atoms. The first-order valence-electron chi connectivity index (χ1n) is 15.4. The van der Waals surface area contributed by atoms with E-state index in [-0.39, 0.29) is 49.3 Å². The normalized spacial score (nSPS) is 19.0. The molecule has 0 aliphatic carbocycles. The zero-order chi connectivity index (χ0) is 35.0. The Morgan fingerprint density at radius 2 is 1.55 bits per heavy atom. The van der Waals surface area contributed by atoms with Crippen LogP contribution >= 0.6 is 0 Å². The molecular weight excluding hydrogens is 649 g/mol. The molecule has 3 aromatic carbocycles. The van der Waals surface area contributed by atoms with Crippen LogP contribution in [0.25, 0.3) is 0 Å². The van der Waals surface area contributed by atoms with Crippen molar-refractivity contribution in [2.24, 2.45) is 0 Å². The fourth-order valence-corrected chi connectivity index (χ4v) is 6.39. The van der Waals surface area contributed by atoms with Crippen LogP contribution < -0.4 is 21.6 Å². The number of aliphatic carboxylic acids is 1. The van der Waals surface area contributed by atoms with Crippen molar-refractivity contribution in [2.75, 3.05) is 6.54 Å². The molecule has 6 rings (SSSR count). The SMILES string of the molecule is O=C(O)C[C@H](Cc1cccc(C(F)(F)F)c1)NC(=O)[C@@H]1C[C@@H](NC(=O)c2ccc3c(c2)B(O)OC3)CN1C(=O)c1ccc2c(c1)B(O)OC2. The van der Waals surface area contributed by atoms with Crippen molar-refractivity contribution in [1.82, 2.24) is 15.5 Å². The number of carbonyl (C=O) groups excluding carboxylic acids is 3. The predicted molar refractivity (Wildman–Crippen MR) is 168 cm³/mol. The minimum absolute atomic E-state index is 0.0694. The summed E-state index contributed by atoms with van der Waals surface area (Å²) in [5, 5.41) is 35.2. The molecule has 1 saturated heterocycles. The summed E-state index contributed by atoms with van der Waals surface area (Å²) in [6, 6.07) is 10.6. The molecule has 1 fully saturated rings. The molecule has 254 valence electrons. The number of hydrogen-bond acceptors (Lipinski definition) is 8. The van der Waals surface area contributed by atoms with E-state index in [2.05, 4.69) is 10.6 Å². The lowest BCUT2D eigenvalue weighted by Gasteiger charge is -2.26. The van der Waals surface area contributed by atoms with Gasteiger partial charge in [-0.1, -0.05) is 30.3 Å². The number of nitrogens with one attached hydrogen (secondary N) is 2. The quantitative estimate of drug-likeness (QED) is 0.200. The second-order valence-electron chi connectivity index (χ2n) is 12.2. The first kappa shape index (κ1) is 34.2. The van der Waals surface area contributed by atoms with E-state index in [1.165, 1.54) is 35.2 Å². The molecule has 3 aliphatic rings. The van der Waals surface area contributed by atoms with Gasteiger partial charge in [-0.25, -0.2) is 0 Å². The van der Waals surface area contributed by atoms with Crippen LogP contribution in [0.4, 0.5) is 13.2 Å². The second-order valence-corrected chi connectivity index (χ2v) is 12.2. The highest BCUT2D eigenvalue weighted by Crippen LogP contribution is 2.30. The smallest absolute Gasteiger partial charge is 0.481 e. The van der Waals surface area contributed by atoms with E-state index in [4.69, 9.17) is 9.31 Å². The van der Waals surface area contributed by atoms with Crippen molar-refractivity contribution in [3.8, 4) is 0 Å². The maximum atomic E-state index is 13.9. The standard InChI is InChI=1S/C32H30B2F3N3O9/c35-32(36,37)22-3-1-2-17(8-22)9-23(13-28(41)42)38-30(44)27-12-24(39-29(43)18-4-6-20-15-48-33(46)25(20)10-18)14-40(27)31(45)19-5-7-21-16-49-34(47)26(21)11-19/h1-8,10-11,23-24,27,46-47H,9,12-16H2,(H,38,44)(H,39,43)(H,41,42)/t23-,24+,27-/m0/s1. The molecule has 5 N–H and O–H groups in total. The van der Waals surface area contributed by atoms with E-state index in [1.54, 1.807) is 18.2 Å². The number of carboxylic acid groups (broad SMARTS) is 1. The first-order valence-corrected chi connectivity index (χ1v) is 15.4. The summed E-state index contributed by atoms with van der Waals surface area (Å²) in [5.74, 6) is -3.20. The van der Waals surface area contributed by atoms with Crippen molar-refractivity contribution in [2.45, 2.75) is 56.8 Å². The number of likely N-dealkylation sites (tertiary alicyclic amines) is 1. The van der Waals surface area contributed by atoms with Gasteiger partial charge in [-0.3, -0.25) is 19.2 Å². The highest BCUT2D eigenvalue weighted by molar-refractivity contribution is 6.62. The lowest BCUT2D eigenvalue weighted by Crippen LogP contribution is -2.50. The predicted octanol–water partition coefficient (Wildman–Crippen LogP) is 0.356. The zero-order valence-electron chi connectivity index (χ0n) is 25.8. The minimum Gasteiger partial charge on any atom is -0.481 e. The summed E-state index contributed by atoms with van der Waals surface area (Å²) < 4.78 is 50.4. The molecule has 3 atom stereocenters. The van der Waals surface area contributed by atoms with Crippen molar-refractivity contribution in [1.29, 1.82) is 0 Å². The topological polar surface area (TPSA) is 175 Å². The van der Waals surface area contributed by atoms with Gasteiger partial charge in [0, 0.05) is 29.8 Å². The summed E-state index contributed by atoms with van der Waals surface area (Å²) in [4.78, 5) is 53.9. The van der Waals surface area contributed by atoms with E-state index in [1.807, 2.05) is 0 Å². The number of benzene rings is 3. The third-order valence-electron chi connectivity index (χ3n) is 8.83. The van der Waals surface area contributed by atoms with Crippen LogP contribution in [0.5, 0.6) is 0 Å². The number of hydrogen-bond donors (Lipinski definition) is 5. The third-order valence-corrected chi connectivity index (χ3v) is 8.83. The number of halogens is 3. The minimum atomic E-state index is -4.63. The third kappa shape index (κ3) is 7.49. The van der Waals surface area contributed by atoms with E-state index in [0.717, 1.165) is 17.7 Å². The fraction of sp³-hybridized carbons (Fsp3) is 0.312. The van der Waals surface area contributed by atoms with Crippen molar-refractivity contribution in [3.63, 3.8) is 0 Å². The van der Waals surface area contributed by atoms with E-state index in [0.29, 0.717) is 16.5 Å². The van der Waals surface area contributed by atoms with Gasteiger partial charge in [0.15, 0.2) is 0 Å². The number of alkyl halides is 3. The van der Waals surface area contributed by atoms with Crippen LogP contribution in [0.1, 0.15) is 55.8 Å². The molecule has 17 heteroatoms. The van der Waals surface area contributed by atoms with E-state index < -0.39 is 74.2 Å². The molecular formula is C32H30B2F3N3O9. The van der Waals surface area contributed by atoms with Gasteiger partial charge in [0.25, 0.3) is 11.8 Å². The van der Waals surface area contributed by atoms with Crippen LogP contribution in [0.2, 0.25) is 0 Å². The maximum Gasteiger partial charge on any atom is 0.491 e. The molecule has 3 amide bonds. The fourth-order valence-electron chi connectivity index (χ4n) is 6.39. The van der Waals surface area contributed by atoms with Crippen molar-refractivity contribution < 1.29 is 56.8 Å². The van der Waals surface area contributed by atoms with Gasteiger partial charge in [-0.05, 0) is 70.8 Å². The number of carbonyl (C=O) groups is 4. The number of rotatable bonds is 9. The lowest BCUT2D eigenvalue weighted by atomic mass is 9.78. The molecule has 0 saturated carbocycles. The van der Waals surface area contributed by atoms with Crippen molar-refractivity contribution >= 4 is 48.9 Å². The molecule has 0 unspecified atom stereocenters. The maximum absolute atomic E-state index is 13.9. The summed E-state index contributed by atoms with van der Waals surface area (Å²) in [6.45, 7) is 0.223. The van der Waals surface area contributed by atoms with Crippen LogP contribution in [0.15, 0.2) is 60.7 Å².